The molecule has 41 heavy (non-hydrogen) atoms. The Balaban J connectivity index is 3.20. The fourth-order valence-electron chi connectivity index (χ4n) is 3.62. The molecule has 4 amide bonds. The SMILES string of the molecule is CC[C@H](C)[C@H](NC(=O)[C@@H](NC(=O)[C@H](Cc1ccc(O)cc1)NC(=O)[C@@H](N)[C@@H](C)O)[C@@H](C)O)C(=O)N[C@@H](CO)C(=O)O. The predicted octanol–water partition coefficient (Wildman–Crippen LogP) is -2.91. The number of carboxylic acid groups (broad SMARTS) is 1. The number of aromatic hydroxyl groups is 1. The number of aliphatic hydroxyl groups is 3. The summed E-state index contributed by atoms with van der Waals surface area (Å²) in [7, 11) is 0. The molecule has 0 saturated heterocycles. The predicted molar refractivity (Wildman–Crippen MR) is 145 cm³/mol. The van der Waals surface area contributed by atoms with Crippen molar-refractivity contribution in [2.24, 2.45) is 11.7 Å². The van der Waals surface area contributed by atoms with Crippen molar-refractivity contribution in [3.63, 3.8) is 0 Å². The van der Waals surface area contributed by atoms with Crippen LogP contribution in [0.5, 0.6) is 5.75 Å². The molecule has 0 saturated carbocycles. The third-order valence-electron chi connectivity index (χ3n) is 6.48. The van der Waals surface area contributed by atoms with Crippen LogP contribution in [-0.2, 0) is 30.4 Å². The molecule has 0 unspecified atom stereocenters. The Labute approximate surface area is 237 Å². The second-order valence-corrected chi connectivity index (χ2v) is 9.88. The minimum atomic E-state index is -1.62. The number of aliphatic hydroxyl groups excluding tert-OH is 3. The van der Waals surface area contributed by atoms with E-state index in [0.29, 0.717) is 12.0 Å². The third-order valence-corrected chi connectivity index (χ3v) is 6.48. The van der Waals surface area contributed by atoms with Gasteiger partial charge in [-0.3, -0.25) is 19.2 Å². The standard InChI is InChI=1S/C26H41N5O10/c1-5-12(2)20(24(38)29-18(11-32)26(40)41)30-25(39)21(14(4)34)31-22(36)17(28-23(37)19(27)13(3)33)10-15-6-8-16(35)9-7-15/h6-9,12-14,17-21,32-35H,5,10-11,27H2,1-4H3,(H,28,37)(H,29,38)(H,30,39)(H,31,36)(H,40,41)/t12-,13+,14+,17-,18-,19-,20-,21-/m0/s1. The maximum Gasteiger partial charge on any atom is 0.328 e. The van der Waals surface area contributed by atoms with Crippen LogP contribution >= 0.6 is 0 Å². The number of aliphatic carboxylic acids is 1. The van der Waals surface area contributed by atoms with E-state index in [1.54, 1.807) is 13.8 Å². The zero-order valence-electron chi connectivity index (χ0n) is 23.4. The zero-order valence-corrected chi connectivity index (χ0v) is 23.4. The summed E-state index contributed by atoms with van der Waals surface area (Å²) in [5.74, 6) is -5.66. The lowest BCUT2D eigenvalue weighted by Gasteiger charge is -2.29. The molecule has 1 aromatic carbocycles. The molecule has 15 nitrogen and oxygen atoms in total. The van der Waals surface area contributed by atoms with Crippen molar-refractivity contribution in [2.75, 3.05) is 6.61 Å². The van der Waals surface area contributed by atoms with E-state index >= 15 is 0 Å². The fraction of sp³-hybridized carbons (Fsp3) is 0.577. The number of phenols is 1. The van der Waals surface area contributed by atoms with Crippen molar-refractivity contribution in [2.45, 2.75) is 83.0 Å². The monoisotopic (exact) mass is 583 g/mol. The highest BCUT2D eigenvalue weighted by Crippen LogP contribution is 2.13. The van der Waals surface area contributed by atoms with Gasteiger partial charge in [0.15, 0.2) is 0 Å². The molecule has 8 atom stereocenters. The van der Waals surface area contributed by atoms with Gasteiger partial charge in [-0.25, -0.2) is 4.79 Å². The number of hydrogen-bond acceptors (Lipinski definition) is 10. The Morgan fingerprint density at radius 2 is 1.29 bits per heavy atom. The van der Waals surface area contributed by atoms with Crippen LogP contribution in [-0.4, -0.2) is 104 Å². The maximum absolute atomic E-state index is 13.3. The number of carboxylic acids is 1. The molecule has 0 aromatic heterocycles. The van der Waals surface area contributed by atoms with Gasteiger partial charge in [0.25, 0.3) is 0 Å². The van der Waals surface area contributed by atoms with Gasteiger partial charge in [-0.1, -0.05) is 32.4 Å². The molecule has 0 aliphatic carbocycles. The number of rotatable bonds is 16. The molecule has 1 aromatic rings. The van der Waals surface area contributed by atoms with E-state index in [0.717, 1.165) is 0 Å². The normalized spacial score (nSPS) is 17.0. The molecular formula is C26H41N5O10. The second kappa shape index (κ2) is 16.5. The highest BCUT2D eigenvalue weighted by Gasteiger charge is 2.35. The Morgan fingerprint density at radius 3 is 1.76 bits per heavy atom. The van der Waals surface area contributed by atoms with E-state index in [2.05, 4.69) is 21.3 Å². The smallest absolute Gasteiger partial charge is 0.328 e. The van der Waals surface area contributed by atoms with E-state index in [4.69, 9.17) is 10.8 Å². The maximum atomic E-state index is 13.3. The van der Waals surface area contributed by atoms with Crippen LogP contribution in [0.2, 0.25) is 0 Å². The molecule has 11 N–H and O–H groups in total. The molecule has 0 fully saturated rings. The van der Waals surface area contributed by atoms with Crippen LogP contribution < -0.4 is 27.0 Å². The van der Waals surface area contributed by atoms with Crippen LogP contribution in [0, 0.1) is 5.92 Å². The van der Waals surface area contributed by atoms with E-state index in [1.165, 1.54) is 38.1 Å². The van der Waals surface area contributed by atoms with Gasteiger partial charge in [0.05, 0.1) is 18.8 Å². The fourth-order valence-corrected chi connectivity index (χ4v) is 3.62. The number of amides is 4. The number of benzene rings is 1. The van der Waals surface area contributed by atoms with Crippen molar-refractivity contribution in [3.05, 3.63) is 29.8 Å². The number of hydrogen-bond donors (Lipinski definition) is 10. The topological polar surface area (TPSA) is 261 Å². The van der Waals surface area contributed by atoms with E-state index < -0.39 is 84.5 Å². The lowest BCUT2D eigenvalue weighted by Crippen LogP contribution is -2.62. The van der Waals surface area contributed by atoms with Crippen molar-refractivity contribution < 1.29 is 49.5 Å². The molecule has 15 heteroatoms. The molecular weight excluding hydrogens is 542 g/mol. The molecule has 0 bridgehead atoms. The number of nitrogens with one attached hydrogen (secondary N) is 4. The molecule has 1 rings (SSSR count). The largest absolute Gasteiger partial charge is 0.508 e. The number of phenolic OH excluding ortho intramolecular Hbond substituents is 1. The summed E-state index contributed by atoms with van der Waals surface area (Å²) in [6.45, 7) is 4.95. The molecule has 230 valence electrons. The van der Waals surface area contributed by atoms with Crippen molar-refractivity contribution in [1.82, 2.24) is 21.3 Å². The van der Waals surface area contributed by atoms with Crippen molar-refractivity contribution >= 4 is 29.6 Å². The summed E-state index contributed by atoms with van der Waals surface area (Å²) in [6.07, 6.45) is -2.45. The van der Waals surface area contributed by atoms with Crippen LogP contribution in [0.3, 0.4) is 0 Å². The van der Waals surface area contributed by atoms with Gasteiger partial charge in [-0.05, 0) is 37.5 Å². The van der Waals surface area contributed by atoms with Gasteiger partial charge in [-0.2, -0.15) is 0 Å². The molecule has 0 spiro atoms. The van der Waals surface area contributed by atoms with Gasteiger partial charge in [0.2, 0.25) is 23.6 Å². The Bertz CT molecular complexity index is 1050. The lowest BCUT2D eigenvalue weighted by molar-refractivity contribution is -0.143. The number of carbonyl (C=O) groups excluding carboxylic acids is 4. The first-order valence-corrected chi connectivity index (χ1v) is 13.1. The van der Waals surface area contributed by atoms with Gasteiger partial charge in [0, 0.05) is 6.42 Å². The highest BCUT2D eigenvalue weighted by molar-refractivity contribution is 5.96. The molecule has 0 aliphatic rings. The van der Waals surface area contributed by atoms with E-state index in [1.807, 2.05) is 0 Å². The minimum Gasteiger partial charge on any atom is -0.508 e. The lowest BCUT2D eigenvalue weighted by atomic mass is 9.97. The van der Waals surface area contributed by atoms with Gasteiger partial charge in [-0.15, -0.1) is 0 Å². The molecule has 0 heterocycles. The van der Waals surface area contributed by atoms with Gasteiger partial charge in [0.1, 0.15) is 36.0 Å². The average Bonchev–Trinajstić information content (AvgIpc) is 2.92. The van der Waals surface area contributed by atoms with Crippen LogP contribution in [0.25, 0.3) is 0 Å². The summed E-state index contributed by atoms with van der Waals surface area (Å²) in [4.78, 5) is 63.0. The summed E-state index contributed by atoms with van der Waals surface area (Å²) < 4.78 is 0. The third kappa shape index (κ3) is 11.0. The number of carbonyl (C=O) groups is 5. The zero-order chi connectivity index (χ0) is 31.4. The first-order valence-electron chi connectivity index (χ1n) is 13.1. The minimum absolute atomic E-state index is 0.0330. The summed E-state index contributed by atoms with van der Waals surface area (Å²) in [6, 6.07) is -1.48. The highest BCUT2D eigenvalue weighted by atomic mass is 16.4. The van der Waals surface area contributed by atoms with Crippen molar-refractivity contribution in [1.29, 1.82) is 0 Å². The molecule has 0 radical (unpaired) electrons. The van der Waals surface area contributed by atoms with Crippen LogP contribution in [0.15, 0.2) is 24.3 Å². The van der Waals surface area contributed by atoms with Gasteiger partial charge >= 0.3 is 5.97 Å². The van der Waals surface area contributed by atoms with Crippen molar-refractivity contribution in [3.8, 4) is 5.75 Å². The first-order chi connectivity index (χ1) is 19.1. The van der Waals surface area contributed by atoms with Gasteiger partial charge < -0.3 is 52.5 Å². The first kappa shape index (κ1) is 35.2. The summed E-state index contributed by atoms with van der Waals surface area (Å²) >= 11 is 0. The summed E-state index contributed by atoms with van der Waals surface area (Å²) in [5, 5.41) is 57.2. The van der Waals surface area contributed by atoms with Crippen LogP contribution in [0.1, 0.15) is 39.7 Å². The Kier molecular flexibility index (Phi) is 14.2. The molecule has 0 aliphatic heterocycles. The number of nitrogens with two attached hydrogens (primary N) is 1. The van der Waals surface area contributed by atoms with E-state index in [-0.39, 0.29) is 12.2 Å². The summed E-state index contributed by atoms with van der Waals surface area (Å²) in [5.41, 5.74) is 6.20. The second-order valence-electron chi connectivity index (χ2n) is 9.88. The van der Waals surface area contributed by atoms with Crippen LogP contribution in [0.4, 0.5) is 0 Å². The quantitative estimate of drug-likeness (QED) is 0.0942. The van der Waals surface area contributed by atoms with E-state index in [9.17, 15) is 44.4 Å². The average molecular weight is 584 g/mol. The Morgan fingerprint density at radius 1 is 0.780 bits per heavy atom. The Hall–Kier alpha value is -3.79.